The lowest BCUT2D eigenvalue weighted by Crippen LogP contribution is -2.42. The Morgan fingerprint density at radius 2 is 2.33 bits per heavy atom. The van der Waals surface area contributed by atoms with Gasteiger partial charge in [-0.2, -0.15) is 0 Å². The number of hydrogen-bond acceptors (Lipinski definition) is 6. The molecule has 2 rings (SSSR count). The molecule has 6 heteroatoms. The molecule has 0 amide bonds. The Morgan fingerprint density at radius 3 is 3.00 bits per heavy atom. The number of thioether (sulfide) groups is 1. The molecule has 1 aromatic heterocycles. The van der Waals surface area contributed by atoms with E-state index in [1.165, 1.54) is 18.2 Å². The summed E-state index contributed by atoms with van der Waals surface area (Å²) >= 11 is 1.53. The summed E-state index contributed by atoms with van der Waals surface area (Å²) in [5.74, 6) is 1.74. The highest BCUT2D eigenvalue weighted by Crippen LogP contribution is 2.26. The molecule has 0 saturated carbocycles. The smallest absolute Gasteiger partial charge is 0.191 e. The van der Waals surface area contributed by atoms with Crippen LogP contribution in [0.5, 0.6) is 0 Å². The SMILES string of the molecule is CNc1cc(N2CCCCC2CO)nc(SC)n1. The Labute approximate surface area is 112 Å². The molecule has 0 spiro atoms. The summed E-state index contributed by atoms with van der Waals surface area (Å²) < 4.78 is 0. The van der Waals surface area contributed by atoms with E-state index in [0.29, 0.717) is 0 Å². The van der Waals surface area contributed by atoms with E-state index in [0.717, 1.165) is 36.2 Å². The Hall–Kier alpha value is -1.01. The molecule has 1 aliphatic rings. The zero-order chi connectivity index (χ0) is 13.0. The molecule has 1 saturated heterocycles. The lowest BCUT2D eigenvalue weighted by atomic mass is 10.0. The molecule has 5 nitrogen and oxygen atoms in total. The number of nitrogens with zero attached hydrogens (tertiary/aromatic N) is 3. The highest BCUT2D eigenvalue weighted by Gasteiger charge is 2.23. The Bertz CT molecular complexity index is 379. The van der Waals surface area contributed by atoms with Crippen LogP contribution in [0.4, 0.5) is 11.6 Å². The van der Waals surface area contributed by atoms with E-state index < -0.39 is 0 Å². The van der Waals surface area contributed by atoms with Crippen molar-refractivity contribution in [2.24, 2.45) is 0 Å². The van der Waals surface area contributed by atoms with Gasteiger partial charge in [-0.1, -0.05) is 11.8 Å². The minimum Gasteiger partial charge on any atom is -0.394 e. The number of aliphatic hydroxyl groups is 1. The average Bonchev–Trinajstić information content (AvgIpc) is 2.46. The molecule has 0 aromatic carbocycles. The molecule has 100 valence electrons. The van der Waals surface area contributed by atoms with Crippen LogP contribution >= 0.6 is 11.8 Å². The van der Waals surface area contributed by atoms with Crippen LogP contribution in [0.3, 0.4) is 0 Å². The maximum Gasteiger partial charge on any atom is 0.191 e. The first-order chi connectivity index (χ1) is 8.78. The van der Waals surface area contributed by atoms with Crippen molar-refractivity contribution < 1.29 is 5.11 Å². The highest BCUT2D eigenvalue weighted by molar-refractivity contribution is 7.98. The molecule has 2 N–H and O–H groups in total. The van der Waals surface area contributed by atoms with Crippen molar-refractivity contribution >= 4 is 23.4 Å². The number of aromatic nitrogens is 2. The van der Waals surface area contributed by atoms with Gasteiger partial charge in [0.1, 0.15) is 11.6 Å². The van der Waals surface area contributed by atoms with Crippen LogP contribution in [-0.2, 0) is 0 Å². The van der Waals surface area contributed by atoms with Gasteiger partial charge < -0.3 is 15.3 Å². The third-order valence-electron chi connectivity index (χ3n) is 3.26. The molecule has 1 unspecified atom stereocenters. The van der Waals surface area contributed by atoms with Gasteiger partial charge in [0.05, 0.1) is 12.6 Å². The average molecular weight is 268 g/mol. The fourth-order valence-electron chi connectivity index (χ4n) is 2.27. The van der Waals surface area contributed by atoms with Crippen molar-refractivity contribution in [3.8, 4) is 0 Å². The number of hydrogen-bond donors (Lipinski definition) is 2. The summed E-state index contributed by atoms with van der Waals surface area (Å²) in [4.78, 5) is 11.1. The van der Waals surface area contributed by atoms with Gasteiger partial charge in [-0.25, -0.2) is 9.97 Å². The summed E-state index contributed by atoms with van der Waals surface area (Å²) in [5, 5.41) is 13.3. The molecule has 1 fully saturated rings. The number of nitrogens with one attached hydrogen (secondary N) is 1. The van der Waals surface area contributed by atoms with E-state index in [9.17, 15) is 5.11 Å². The van der Waals surface area contributed by atoms with Crippen molar-refractivity contribution in [3.63, 3.8) is 0 Å². The first kappa shape index (κ1) is 13.4. The summed E-state index contributed by atoms with van der Waals surface area (Å²) in [6.45, 7) is 1.15. The molecular formula is C12H20N4OS. The molecule has 1 aliphatic heterocycles. The Morgan fingerprint density at radius 1 is 1.50 bits per heavy atom. The van der Waals surface area contributed by atoms with Crippen molar-refractivity contribution in [3.05, 3.63) is 6.07 Å². The fourth-order valence-corrected chi connectivity index (χ4v) is 2.65. The quantitative estimate of drug-likeness (QED) is 0.639. The second kappa shape index (κ2) is 6.24. The molecule has 1 aromatic rings. The maximum absolute atomic E-state index is 9.47. The molecule has 0 aliphatic carbocycles. The van der Waals surface area contributed by atoms with E-state index in [-0.39, 0.29) is 12.6 Å². The lowest BCUT2D eigenvalue weighted by Gasteiger charge is -2.35. The topological polar surface area (TPSA) is 61.3 Å². The summed E-state index contributed by atoms with van der Waals surface area (Å²) in [6, 6.07) is 2.14. The van der Waals surface area contributed by atoms with Gasteiger partial charge in [-0.3, -0.25) is 0 Å². The second-order valence-corrected chi connectivity index (χ2v) is 5.15. The van der Waals surface area contributed by atoms with E-state index in [1.54, 1.807) is 0 Å². The second-order valence-electron chi connectivity index (χ2n) is 4.37. The van der Waals surface area contributed by atoms with Crippen molar-refractivity contribution in [2.45, 2.75) is 30.5 Å². The number of anilines is 2. The summed E-state index contributed by atoms with van der Waals surface area (Å²) in [7, 11) is 1.86. The van der Waals surface area contributed by atoms with Gasteiger partial charge in [-0.15, -0.1) is 0 Å². The van der Waals surface area contributed by atoms with Crippen LogP contribution in [0.1, 0.15) is 19.3 Å². The van der Waals surface area contributed by atoms with Gasteiger partial charge in [0.15, 0.2) is 5.16 Å². The van der Waals surface area contributed by atoms with Gasteiger partial charge in [-0.05, 0) is 25.5 Å². The van der Waals surface area contributed by atoms with E-state index in [1.807, 2.05) is 19.4 Å². The number of piperidine rings is 1. The van der Waals surface area contributed by atoms with Crippen LogP contribution in [0.25, 0.3) is 0 Å². The largest absolute Gasteiger partial charge is 0.394 e. The van der Waals surface area contributed by atoms with Crippen molar-refractivity contribution in [1.82, 2.24) is 9.97 Å². The zero-order valence-corrected chi connectivity index (χ0v) is 11.7. The molecular weight excluding hydrogens is 248 g/mol. The summed E-state index contributed by atoms with van der Waals surface area (Å²) in [5.41, 5.74) is 0. The fraction of sp³-hybridized carbons (Fsp3) is 0.667. The molecule has 0 bridgehead atoms. The van der Waals surface area contributed by atoms with Crippen LogP contribution in [0.15, 0.2) is 11.2 Å². The van der Waals surface area contributed by atoms with Crippen LogP contribution in [-0.4, -0.2) is 47.6 Å². The Balaban J connectivity index is 2.29. The monoisotopic (exact) mass is 268 g/mol. The van der Waals surface area contributed by atoms with E-state index in [4.69, 9.17) is 0 Å². The Kier molecular flexibility index (Phi) is 4.66. The molecule has 0 radical (unpaired) electrons. The minimum atomic E-state index is 0.188. The first-order valence-corrected chi connectivity index (χ1v) is 7.49. The van der Waals surface area contributed by atoms with Crippen LogP contribution in [0, 0.1) is 0 Å². The third-order valence-corrected chi connectivity index (χ3v) is 3.81. The van der Waals surface area contributed by atoms with Gasteiger partial charge in [0, 0.05) is 19.7 Å². The third kappa shape index (κ3) is 2.87. The van der Waals surface area contributed by atoms with Crippen molar-refractivity contribution in [2.75, 3.05) is 36.7 Å². The van der Waals surface area contributed by atoms with Gasteiger partial charge >= 0.3 is 0 Å². The normalized spacial score (nSPS) is 19.9. The number of rotatable bonds is 4. The van der Waals surface area contributed by atoms with E-state index in [2.05, 4.69) is 20.2 Å². The van der Waals surface area contributed by atoms with Crippen LogP contribution in [0.2, 0.25) is 0 Å². The number of aliphatic hydroxyl groups excluding tert-OH is 1. The summed E-state index contributed by atoms with van der Waals surface area (Å²) in [6.07, 6.45) is 5.34. The van der Waals surface area contributed by atoms with Gasteiger partial charge in [0.2, 0.25) is 0 Å². The van der Waals surface area contributed by atoms with Crippen LogP contribution < -0.4 is 10.2 Å². The van der Waals surface area contributed by atoms with E-state index >= 15 is 0 Å². The molecule has 18 heavy (non-hydrogen) atoms. The zero-order valence-electron chi connectivity index (χ0n) is 10.9. The molecule has 1 atom stereocenters. The van der Waals surface area contributed by atoms with Gasteiger partial charge in [0.25, 0.3) is 0 Å². The highest BCUT2D eigenvalue weighted by atomic mass is 32.2. The predicted molar refractivity (Wildman–Crippen MR) is 75.4 cm³/mol. The standard InChI is InChI=1S/C12H20N4OS/c1-13-10-7-11(15-12(14-10)18-2)16-6-4-3-5-9(16)8-17/h7,9,17H,3-6,8H2,1-2H3,(H,13,14,15). The first-order valence-electron chi connectivity index (χ1n) is 6.26. The maximum atomic E-state index is 9.47. The predicted octanol–water partition coefficient (Wildman–Crippen LogP) is 1.59. The van der Waals surface area contributed by atoms with Crippen molar-refractivity contribution in [1.29, 1.82) is 0 Å². The minimum absolute atomic E-state index is 0.188. The lowest BCUT2D eigenvalue weighted by molar-refractivity contribution is 0.239. The molecule has 2 heterocycles.